The van der Waals surface area contributed by atoms with Crippen molar-refractivity contribution >= 4 is 17.3 Å². The molecule has 18 heavy (non-hydrogen) atoms. The van der Waals surface area contributed by atoms with E-state index >= 15 is 0 Å². The van der Waals surface area contributed by atoms with E-state index in [1.165, 1.54) is 0 Å². The van der Waals surface area contributed by atoms with Crippen LogP contribution in [0.5, 0.6) is 0 Å². The van der Waals surface area contributed by atoms with Crippen molar-refractivity contribution in [1.82, 2.24) is 15.2 Å². The van der Waals surface area contributed by atoms with Crippen molar-refractivity contribution in [2.24, 2.45) is 0 Å². The van der Waals surface area contributed by atoms with Crippen LogP contribution in [-0.4, -0.2) is 31.4 Å². The largest absolute Gasteiger partial charge is 0.371 e. The lowest BCUT2D eigenvalue weighted by molar-refractivity contribution is -0.0921. The Balaban J connectivity index is 2.20. The highest BCUT2D eigenvalue weighted by Gasteiger charge is 2.42. The van der Waals surface area contributed by atoms with Crippen LogP contribution in [0, 0.1) is 0 Å². The summed E-state index contributed by atoms with van der Waals surface area (Å²) >= 11 is 5.36. The summed E-state index contributed by atoms with van der Waals surface area (Å²) in [5.74, 6) is 0. The molecular formula is C13H19N3OS. The molecule has 1 aromatic rings. The predicted molar refractivity (Wildman–Crippen MR) is 74.8 cm³/mol. The number of nitrogens with one attached hydrogen (secondary N) is 1. The van der Waals surface area contributed by atoms with Crippen LogP contribution in [0.1, 0.15) is 32.8 Å². The van der Waals surface area contributed by atoms with E-state index in [1.54, 1.807) is 19.3 Å². The van der Waals surface area contributed by atoms with Gasteiger partial charge in [0.05, 0.1) is 0 Å². The molecule has 0 bridgehead atoms. The SMILES string of the molecule is CC1(C)C[C@](C)(O)N(Cc2cccnc2)C(=S)N1. The summed E-state index contributed by atoms with van der Waals surface area (Å²) in [5.41, 5.74) is -0.102. The third kappa shape index (κ3) is 2.79. The fourth-order valence-corrected chi connectivity index (χ4v) is 3.01. The monoisotopic (exact) mass is 265 g/mol. The molecule has 1 aliphatic heterocycles. The van der Waals surface area contributed by atoms with Crippen LogP contribution in [0.2, 0.25) is 0 Å². The van der Waals surface area contributed by atoms with E-state index in [0.717, 1.165) is 5.56 Å². The van der Waals surface area contributed by atoms with Crippen LogP contribution in [0.3, 0.4) is 0 Å². The van der Waals surface area contributed by atoms with Gasteiger partial charge in [0.25, 0.3) is 0 Å². The highest BCUT2D eigenvalue weighted by molar-refractivity contribution is 7.80. The van der Waals surface area contributed by atoms with Crippen molar-refractivity contribution < 1.29 is 5.11 Å². The van der Waals surface area contributed by atoms with Gasteiger partial charge in [-0.05, 0) is 44.6 Å². The topological polar surface area (TPSA) is 48.4 Å². The van der Waals surface area contributed by atoms with Gasteiger partial charge in [0.1, 0.15) is 5.72 Å². The Hall–Kier alpha value is -1.20. The molecule has 2 heterocycles. The van der Waals surface area contributed by atoms with Crippen LogP contribution in [0.4, 0.5) is 0 Å². The number of hydrogen-bond donors (Lipinski definition) is 2. The Morgan fingerprint density at radius 3 is 2.78 bits per heavy atom. The normalized spacial score (nSPS) is 26.9. The summed E-state index contributed by atoms with van der Waals surface area (Å²) in [4.78, 5) is 5.89. The first-order valence-corrected chi connectivity index (χ1v) is 6.42. The molecule has 0 aliphatic carbocycles. The number of aromatic nitrogens is 1. The molecule has 98 valence electrons. The Morgan fingerprint density at radius 2 is 2.22 bits per heavy atom. The van der Waals surface area contributed by atoms with E-state index < -0.39 is 5.72 Å². The van der Waals surface area contributed by atoms with Crippen molar-refractivity contribution in [2.45, 2.75) is 45.0 Å². The Bertz CT molecular complexity index is 445. The fraction of sp³-hybridized carbons (Fsp3) is 0.538. The number of thiocarbonyl (C=S) groups is 1. The van der Waals surface area contributed by atoms with Gasteiger partial charge in [-0.25, -0.2) is 0 Å². The van der Waals surface area contributed by atoms with Crippen LogP contribution < -0.4 is 5.32 Å². The van der Waals surface area contributed by atoms with Gasteiger partial charge in [0.2, 0.25) is 0 Å². The van der Waals surface area contributed by atoms with Gasteiger partial charge >= 0.3 is 0 Å². The Morgan fingerprint density at radius 1 is 1.50 bits per heavy atom. The zero-order valence-corrected chi connectivity index (χ0v) is 11.8. The maximum Gasteiger partial charge on any atom is 0.171 e. The van der Waals surface area contributed by atoms with E-state index in [4.69, 9.17) is 12.2 Å². The standard InChI is InChI=1S/C13H19N3OS/c1-12(2)9-13(3,17)16(11(18)15-12)8-10-5-4-6-14-7-10/h4-7,17H,8-9H2,1-3H3,(H,15,18)/t13-/m0/s1. The van der Waals surface area contributed by atoms with Gasteiger partial charge < -0.3 is 15.3 Å². The molecule has 1 atom stereocenters. The van der Waals surface area contributed by atoms with Crippen LogP contribution in [-0.2, 0) is 6.54 Å². The second-order valence-corrected chi connectivity index (χ2v) is 6.04. The van der Waals surface area contributed by atoms with Gasteiger partial charge in [-0.15, -0.1) is 0 Å². The van der Waals surface area contributed by atoms with E-state index in [9.17, 15) is 5.11 Å². The van der Waals surface area contributed by atoms with E-state index in [2.05, 4.69) is 10.3 Å². The maximum absolute atomic E-state index is 10.6. The zero-order chi connectivity index (χ0) is 13.4. The first-order chi connectivity index (χ1) is 8.30. The van der Waals surface area contributed by atoms with Crippen LogP contribution in [0.15, 0.2) is 24.5 Å². The number of nitrogens with zero attached hydrogens (tertiary/aromatic N) is 2. The minimum atomic E-state index is -0.943. The number of hydrogen-bond acceptors (Lipinski definition) is 3. The molecule has 1 fully saturated rings. The van der Waals surface area contributed by atoms with Gasteiger partial charge in [-0.1, -0.05) is 6.07 Å². The van der Waals surface area contributed by atoms with Crippen molar-refractivity contribution in [3.8, 4) is 0 Å². The fourth-order valence-electron chi connectivity index (χ4n) is 2.47. The van der Waals surface area contributed by atoms with E-state index in [0.29, 0.717) is 18.1 Å². The number of aliphatic hydroxyl groups is 1. The molecule has 2 N–H and O–H groups in total. The molecule has 1 aliphatic rings. The lowest BCUT2D eigenvalue weighted by Gasteiger charge is -2.49. The van der Waals surface area contributed by atoms with Crippen molar-refractivity contribution in [2.75, 3.05) is 0 Å². The average molecular weight is 265 g/mol. The summed E-state index contributed by atoms with van der Waals surface area (Å²) in [6, 6.07) is 3.86. The molecule has 1 saturated heterocycles. The van der Waals surface area contributed by atoms with Crippen molar-refractivity contribution in [1.29, 1.82) is 0 Å². The second-order valence-electron chi connectivity index (χ2n) is 5.66. The minimum absolute atomic E-state index is 0.188. The lowest BCUT2D eigenvalue weighted by Crippen LogP contribution is -2.65. The number of pyridine rings is 1. The lowest BCUT2D eigenvalue weighted by atomic mass is 9.90. The smallest absolute Gasteiger partial charge is 0.171 e. The van der Waals surface area contributed by atoms with Gasteiger partial charge in [-0.3, -0.25) is 4.98 Å². The molecule has 0 aromatic carbocycles. The summed E-state index contributed by atoms with van der Waals surface area (Å²) in [6.07, 6.45) is 4.14. The highest BCUT2D eigenvalue weighted by atomic mass is 32.1. The molecule has 4 nitrogen and oxygen atoms in total. The molecular weight excluding hydrogens is 246 g/mol. The van der Waals surface area contributed by atoms with Crippen molar-refractivity contribution in [3.05, 3.63) is 30.1 Å². The molecule has 0 saturated carbocycles. The molecule has 0 spiro atoms. The Kier molecular flexibility index (Phi) is 3.29. The summed E-state index contributed by atoms with van der Waals surface area (Å²) in [6.45, 7) is 6.44. The molecule has 0 radical (unpaired) electrons. The summed E-state index contributed by atoms with van der Waals surface area (Å²) in [7, 11) is 0. The third-order valence-corrected chi connectivity index (χ3v) is 3.43. The predicted octanol–water partition coefficient (Wildman–Crippen LogP) is 1.65. The van der Waals surface area contributed by atoms with E-state index in [1.807, 2.05) is 30.9 Å². The molecule has 1 aromatic heterocycles. The van der Waals surface area contributed by atoms with Crippen molar-refractivity contribution in [3.63, 3.8) is 0 Å². The minimum Gasteiger partial charge on any atom is -0.371 e. The quantitative estimate of drug-likeness (QED) is 0.796. The van der Waals surface area contributed by atoms with Gasteiger partial charge in [0.15, 0.2) is 5.11 Å². The highest BCUT2D eigenvalue weighted by Crippen LogP contribution is 2.30. The molecule has 5 heteroatoms. The van der Waals surface area contributed by atoms with Gasteiger partial charge in [-0.2, -0.15) is 0 Å². The van der Waals surface area contributed by atoms with Gasteiger partial charge in [0, 0.05) is 30.9 Å². The summed E-state index contributed by atoms with van der Waals surface area (Å²) in [5, 5.41) is 14.4. The average Bonchev–Trinajstić information content (AvgIpc) is 2.23. The van der Waals surface area contributed by atoms with Crippen LogP contribution in [0.25, 0.3) is 0 Å². The molecule has 2 rings (SSSR count). The third-order valence-electron chi connectivity index (χ3n) is 3.11. The number of rotatable bonds is 2. The molecule has 0 unspecified atom stereocenters. The molecule has 0 amide bonds. The first kappa shape index (κ1) is 13.2. The zero-order valence-electron chi connectivity index (χ0n) is 11.0. The first-order valence-electron chi connectivity index (χ1n) is 6.01. The van der Waals surface area contributed by atoms with E-state index in [-0.39, 0.29) is 5.54 Å². The van der Waals surface area contributed by atoms with Crippen LogP contribution >= 0.6 is 12.2 Å². The second kappa shape index (κ2) is 4.48. The Labute approximate surface area is 113 Å². The summed E-state index contributed by atoms with van der Waals surface area (Å²) < 4.78 is 0. The maximum atomic E-state index is 10.6.